The van der Waals surface area contributed by atoms with Gasteiger partial charge in [0.05, 0.1) is 0 Å². The van der Waals surface area contributed by atoms with Gasteiger partial charge in [-0.05, 0) is 19.2 Å². The summed E-state index contributed by atoms with van der Waals surface area (Å²) < 4.78 is 5.42. The lowest BCUT2D eigenvalue weighted by Gasteiger charge is -2.17. The number of hydrogen-bond donors (Lipinski definition) is 1. The molecule has 15 heavy (non-hydrogen) atoms. The molecule has 0 aliphatic carbocycles. The van der Waals surface area contributed by atoms with E-state index in [0.29, 0.717) is 18.3 Å². The second kappa shape index (κ2) is 6.19. The van der Waals surface area contributed by atoms with Gasteiger partial charge >= 0.3 is 0 Å². The van der Waals surface area contributed by atoms with Crippen LogP contribution in [0.15, 0.2) is 12.1 Å². The Morgan fingerprint density at radius 3 is 2.53 bits per heavy atom. The normalized spacial score (nSPS) is 10.6. The molecular weight excluding hydrogens is 192 g/mol. The van der Waals surface area contributed by atoms with E-state index in [2.05, 4.69) is 28.9 Å². The maximum Gasteiger partial charge on any atom is 0.233 e. The van der Waals surface area contributed by atoms with Crippen molar-refractivity contribution in [2.45, 2.75) is 13.8 Å². The lowest BCUT2D eigenvalue weighted by Crippen LogP contribution is -2.28. The van der Waals surface area contributed by atoms with Crippen molar-refractivity contribution >= 4 is 5.82 Å². The summed E-state index contributed by atoms with van der Waals surface area (Å²) in [5.74, 6) is 0.933. The molecule has 2 N–H and O–H groups in total. The van der Waals surface area contributed by atoms with Crippen molar-refractivity contribution in [3.63, 3.8) is 0 Å². The Hall–Kier alpha value is -1.36. The zero-order valence-corrected chi connectivity index (χ0v) is 9.31. The molecule has 1 aromatic rings. The van der Waals surface area contributed by atoms with Crippen LogP contribution < -0.4 is 10.5 Å². The van der Waals surface area contributed by atoms with Gasteiger partial charge in [-0.3, -0.25) is 0 Å². The molecule has 0 saturated carbocycles. The average Bonchev–Trinajstić information content (AvgIpc) is 2.27. The first-order valence-corrected chi connectivity index (χ1v) is 5.20. The summed E-state index contributed by atoms with van der Waals surface area (Å²) in [4.78, 5) is 2.28. The van der Waals surface area contributed by atoms with Gasteiger partial charge in [0, 0.05) is 12.6 Å². The molecule has 0 atom stereocenters. The highest BCUT2D eigenvalue weighted by atomic mass is 16.5. The van der Waals surface area contributed by atoms with Gasteiger partial charge in [0.2, 0.25) is 5.88 Å². The average molecular weight is 210 g/mol. The summed E-state index contributed by atoms with van der Waals surface area (Å²) in [6.07, 6.45) is 0. The van der Waals surface area contributed by atoms with Crippen molar-refractivity contribution in [1.29, 1.82) is 0 Å². The monoisotopic (exact) mass is 210 g/mol. The van der Waals surface area contributed by atoms with Gasteiger partial charge in [0.1, 0.15) is 12.4 Å². The van der Waals surface area contributed by atoms with Crippen LogP contribution in [0.5, 0.6) is 5.88 Å². The number of nitrogen functional groups attached to an aromatic ring is 1. The van der Waals surface area contributed by atoms with Crippen molar-refractivity contribution in [3.8, 4) is 5.88 Å². The predicted octanol–water partition coefficient (Wildman–Crippen LogP) is 0.779. The Bertz CT molecular complexity index is 271. The minimum Gasteiger partial charge on any atom is -0.475 e. The molecule has 0 bridgehead atoms. The zero-order chi connectivity index (χ0) is 11.1. The zero-order valence-electron chi connectivity index (χ0n) is 9.31. The molecule has 0 radical (unpaired) electrons. The Morgan fingerprint density at radius 2 is 2.00 bits per heavy atom. The van der Waals surface area contributed by atoms with Gasteiger partial charge in [-0.2, -0.15) is 0 Å². The fraction of sp³-hybridized carbons (Fsp3) is 0.600. The van der Waals surface area contributed by atoms with Crippen molar-refractivity contribution in [1.82, 2.24) is 15.1 Å². The van der Waals surface area contributed by atoms with E-state index in [4.69, 9.17) is 10.5 Å². The molecule has 0 spiro atoms. The lowest BCUT2D eigenvalue weighted by molar-refractivity contribution is 0.216. The molecule has 0 aromatic carbocycles. The third-order valence-corrected chi connectivity index (χ3v) is 2.21. The number of rotatable bonds is 6. The largest absolute Gasteiger partial charge is 0.475 e. The van der Waals surface area contributed by atoms with E-state index in [1.807, 2.05) is 0 Å². The second-order valence-corrected chi connectivity index (χ2v) is 3.17. The Kier molecular flexibility index (Phi) is 4.83. The maximum atomic E-state index is 5.42. The third kappa shape index (κ3) is 4.12. The van der Waals surface area contributed by atoms with Gasteiger partial charge in [-0.25, -0.2) is 0 Å². The molecule has 1 heterocycles. The van der Waals surface area contributed by atoms with Crippen LogP contribution in [-0.4, -0.2) is 41.3 Å². The molecule has 0 aliphatic rings. The van der Waals surface area contributed by atoms with E-state index in [-0.39, 0.29) is 0 Å². The van der Waals surface area contributed by atoms with E-state index in [1.54, 1.807) is 12.1 Å². The molecule has 0 amide bonds. The maximum absolute atomic E-state index is 5.42. The van der Waals surface area contributed by atoms with Crippen molar-refractivity contribution in [3.05, 3.63) is 12.1 Å². The number of nitrogens with zero attached hydrogens (tertiary/aromatic N) is 3. The number of nitrogens with two attached hydrogens (primary N) is 1. The Labute approximate surface area is 90.2 Å². The van der Waals surface area contributed by atoms with Gasteiger partial charge in [-0.1, -0.05) is 13.8 Å². The van der Waals surface area contributed by atoms with E-state index >= 15 is 0 Å². The highest BCUT2D eigenvalue weighted by Crippen LogP contribution is 2.05. The van der Waals surface area contributed by atoms with E-state index in [0.717, 1.165) is 19.6 Å². The smallest absolute Gasteiger partial charge is 0.233 e. The lowest BCUT2D eigenvalue weighted by atomic mass is 10.5. The first-order valence-electron chi connectivity index (χ1n) is 5.20. The fourth-order valence-corrected chi connectivity index (χ4v) is 1.23. The SMILES string of the molecule is CCN(CC)CCOc1ccc(N)nn1. The standard InChI is InChI=1S/C10H18N4O/c1-3-14(4-2)7-8-15-10-6-5-9(11)12-13-10/h5-6H,3-4,7-8H2,1-2H3,(H2,11,12). The fourth-order valence-electron chi connectivity index (χ4n) is 1.23. The van der Waals surface area contributed by atoms with Gasteiger partial charge in [0.25, 0.3) is 0 Å². The van der Waals surface area contributed by atoms with Gasteiger partial charge in [-0.15, -0.1) is 10.2 Å². The summed E-state index contributed by atoms with van der Waals surface area (Å²) in [7, 11) is 0. The van der Waals surface area contributed by atoms with Crippen LogP contribution in [0.3, 0.4) is 0 Å². The number of likely N-dealkylation sites (N-methyl/N-ethyl adjacent to an activating group) is 1. The number of aromatic nitrogens is 2. The molecule has 84 valence electrons. The third-order valence-electron chi connectivity index (χ3n) is 2.21. The predicted molar refractivity (Wildman–Crippen MR) is 59.7 cm³/mol. The van der Waals surface area contributed by atoms with Crippen LogP contribution >= 0.6 is 0 Å². The highest BCUT2D eigenvalue weighted by Gasteiger charge is 2.00. The Morgan fingerprint density at radius 1 is 1.27 bits per heavy atom. The number of hydrogen-bond acceptors (Lipinski definition) is 5. The summed E-state index contributed by atoms with van der Waals surface area (Å²) in [5, 5.41) is 7.52. The molecule has 5 nitrogen and oxygen atoms in total. The number of anilines is 1. The van der Waals surface area contributed by atoms with Crippen molar-refractivity contribution < 1.29 is 4.74 Å². The molecule has 1 aromatic heterocycles. The Balaban J connectivity index is 2.28. The summed E-state index contributed by atoms with van der Waals surface area (Å²) in [6, 6.07) is 3.41. The molecule has 0 fully saturated rings. The van der Waals surface area contributed by atoms with Crippen molar-refractivity contribution in [2.75, 3.05) is 32.0 Å². The van der Waals surface area contributed by atoms with E-state index in [1.165, 1.54) is 0 Å². The number of ether oxygens (including phenoxy) is 1. The molecule has 0 unspecified atom stereocenters. The van der Waals surface area contributed by atoms with Gasteiger partial charge in [0.15, 0.2) is 0 Å². The highest BCUT2D eigenvalue weighted by molar-refractivity contribution is 5.27. The van der Waals surface area contributed by atoms with E-state index < -0.39 is 0 Å². The van der Waals surface area contributed by atoms with Crippen LogP contribution in [0, 0.1) is 0 Å². The van der Waals surface area contributed by atoms with Crippen LogP contribution in [0.25, 0.3) is 0 Å². The first-order chi connectivity index (χ1) is 7.26. The minimum absolute atomic E-state index is 0.408. The molecule has 5 heteroatoms. The summed E-state index contributed by atoms with van der Waals surface area (Å²) >= 11 is 0. The van der Waals surface area contributed by atoms with E-state index in [9.17, 15) is 0 Å². The first kappa shape index (κ1) is 11.7. The molecule has 0 aliphatic heterocycles. The molecule has 0 saturated heterocycles. The van der Waals surface area contributed by atoms with Crippen LogP contribution in [-0.2, 0) is 0 Å². The van der Waals surface area contributed by atoms with Crippen molar-refractivity contribution in [2.24, 2.45) is 0 Å². The quantitative estimate of drug-likeness (QED) is 0.751. The summed E-state index contributed by atoms with van der Waals surface area (Å²) in [5.41, 5.74) is 5.41. The van der Waals surface area contributed by atoms with Gasteiger partial charge < -0.3 is 15.4 Å². The van der Waals surface area contributed by atoms with Crippen LogP contribution in [0.4, 0.5) is 5.82 Å². The minimum atomic E-state index is 0.408. The topological polar surface area (TPSA) is 64.3 Å². The molecule has 1 rings (SSSR count). The summed E-state index contributed by atoms with van der Waals surface area (Å²) in [6.45, 7) is 7.86. The second-order valence-electron chi connectivity index (χ2n) is 3.17. The van der Waals surface area contributed by atoms with Crippen LogP contribution in [0.2, 0.25) is 0 Å². The molecular formula is C10H18N4O. The van der Waals surface area contributed by atoms with Crippen LogP contribution in [0.1, 0.15) is 13.8 Å².